The summed E-state index contributed by atoms with van der Waals surface area (Å²) in [5, 5.41) is 3.39. The van der Waals surface area contributed by atoms with E-state index in [1.54, 1.807) is 0 Å². The van der Waals surface area contributed by atoms with Gasteiger partial charge in [-0.15, -0.1) is 0 Å². The number of hydrogen-bond acceptors (Lipinski definition) is 4. The maximum Gasteiger partial charge on any atom is 0.0701 e. The lowest BCUT2D eigenvalue weighted by Crippen LogP contribution is -2.34. The summed E-state index contributed by atoms with van der Waals surface area (Å²) in [4.78, 5) is 2.33. The molecule has 0 aliphatic rings. The highest BCUT2D eigenvalue weighted by Crippen LogP contribution is 2.02. The van der Waals surface area contributed by atoms with Crippen molar-refractivity contribution >= 4 is 0 Å². The summed E-state index contributed by atoms with van der Waals surface area (Å²) in [5.41, 5.74) is 0. The number of hydrogen-bond donors (Lipinski definition) is 1. The minimum Gasteiger partial charge on any atom is -0.379 e. The van der Waals surface area contributed by atoms with Gasteiger partial charge in [0.05, 0.1) is 19.8 Å². The van der Waals surface area contributed by atoms with E-state index in [0.717, 1.165) is 45.2 Å². The van der Waals surface area contributed by atoms with Gasteiger partial charge in [0, 0.05) is 32.3 Å². The third kappa shape index (κ3) is 14.3. The Bertz CT molecular complexity index is 199. The second kappa shape index (κ2) is 13.8. The summed E-state index contributed by atoms with van der Waals surface area (Å²) in [6.07, 6.45) is 2.40. The van der Waals surface area contributed by atoms with Gasteiger partial charge in [-0.3, -0.25) is 0 Å². The van der Waals surface area contributed by atoms with Gasteiger partial charge in [0.1, 0.15) is 0 Å². The van der Waals surface area contributed by atoms with Crippen molar-refractivity contribution in [1.82, 2.24) is 10.2 Å². The average Bonchev–Trinajstić information content (AvgIpc) is 2.39. The second-order valence-electron chi connectivity index (χ2n) is 6.09. The number of nitrogens with one attached hydrogen (secondary N) is 1. The van der Waals surface area contributed by atoms with Gasteiger partial charge in [0.15, 0.2) is 0 Å². The molecule has 20 heavy (non-hydrogen) atoms. The van der Waals surface area contributed by atoms with Crippen LogP contribution in [0.3, 0.4) is 0 Å². The van der Waals surface area contributed by atoms with Crippen LogP contribution in [0.5, 0.6) is 0 Å². The first-order chi connectivity index (χ1) is 9.54. The Morgan fingerprint density at radius 1 is 0.900 bits per heavy atom. The molecule has 0 atom stereocenters. The quantitative estimate of drug-likeness (QED) is 0.498. The van der Waals surface area contributed by atoms with Crippen molar-refractivity contribution in [3.05, 3.63) is 0 Å². The lowest BCUT2D eigenvalue weighted by Gasteiger charge is -2.20. The van der Waals surface area contributed by atoms with E-state index in [1.807, 2.05) is 0 Å². The first-order valence-corrected chi connectivity index (χ1v) is 8.10. The van der Waals surface area contributed by atoms with Gasteiger partial charge >= 0.3 is 0 Å². The van der Waals surface area contributed by atoms with Crippen molar-refractivity contribution < 1.29 is 9.47 Å². The predicted molar refractivity (Wildman–Crippen MR) is 86.3 cm³/mol. The van der Waals surface area contributed by atoms with Gasteiger partial charge in [-0.2, -0.15) is 0 Å². The van der Waals surface area contributed by atoms with E-state index in [0.29, 0.717) is 19.3 Å². The van der Waals surface area contributed by atoms with Crippen molar-refractivity contribution in [2.24, 2.45) is 5.92 Å². The second-order valence-corrected chi connectivity index (χ2v) is 6.09. The molecule has 122 valence electrons. The molecule has 0 aromatic heterocycles. The zero-order valence-corrected chi connectivity index (χ0v) is 14.3. The molecule has 4 nitrogen and oxygen atoms in total. The highest BCUT2D eigenvalue weighted by Gasteiger charge is 2.01. The van der Waals surface area contributed by atoms with Gasteiger partial charge in [-0.1, -0.05) is 13.8 Å². The SMILES string of the molecule is CC(C)CCCOCCOCCNCCN(C)C(C)C. The van der Waals surface area contributed by atoms with Crippen molar-refractivity contribution in [2.75, 3.05) is 53.1 Å². The van der Waals surface area contributed by atoms with Crippen LogP contribution in [0.2, 0.25) is 0 Å². The maximum absolute atomic E-state index is 5.52. The summed E-state index contributed by atoms with van der Waals surface area (Å²) in [5.74, 6) is 0.774. The monoisotopic (exact) mass is 288 g/mol. The Morgan fingerprint density at radius 3 is 2.15 bits per heavy atom. The van der Waals surface area contributed by atoms with Gasteiger partial charge in [0.25, 0.3) is 0 Å². The zero-order valence-electron chi connectivity index (χ0n) is 14.3. The topological polar surface area (TPSA) is 33.7 Å². The first-order valence-electron chi connectivity index (χ1n) is 8.10. The largest absolute Gasteiger partial charge is 0.379 e. The third-order valence-corrected chi connectivity index (χ3v) is 3.39. The van der Waals surface area contributed by atoms with E-state index < -0.39 is 0 Å². The molecule has 0 saturated heterocycles. The molecule has 0 aromatic rings. The number of ether oxygens (including phenoxy) is 2. The molecule has 0 bridgehead atoms. The molecular weight excluding hydrogens is 252 g/mol. The van der Waals surface area contributed by atoms with Crippen LogP contribution in [0.15, 0.2) is 0 Å². The predicted octanol–water partition coefficient (Wildman–Crippen LogP) is 2.39. The van der Waals surface area contributed by atoms with Crippen molar-refractivity contribution in [1.29, 1.82) is 0 Å². The number of likely N-dealkylation sites (N-methyl/N-ethyl adjacent to an activating group) is 1. The molecule has 0 aromatic carbocycles. The van der Waals surface area contributed by atoms with E-state index in [4.69, 9.17) is 9.47 Å². The van der Waals surface area contributed by atoms with E-state index in [2.05, 4.69) is 45.0 Å². The Labute approximate surface area is 126 Å². The van der Waals surface area contributed by atoms with E-state index in [-0.39, 0.29) is 0 Å². The lowest BCUT2D eigenvalue weighted by molar-refractivity contribution is 0.0466. The molecule has 0 heterocycles. The van der Waals surface area contributed by atoms with E-state index in [9.17, 15) is 0 Å². The summed E-state index contributed by atoms with van der Waals surface area (Å²) in [6.45, 7) is 15.0. The Morgan fingerprint density at radius 2 is 1.55 bits per heavy atom. The van der Waals surface area contributed by atoms with Crippen LogP contribution in [0.1, 0.15) is 40.5 Å². The summed E-state index contributed by atoms with van der Waals surface area (Å²) in [7, 11) is 2.15. The van der Waals surface area contributed by atoms with Gasteiger partial charge in [0.2, 0.25) is 0 Å². The van der Waals surface area contributed by atoms with Crippen molar-refractivity contribution in [3.63, 3.8) is 0 Å². The Hall–Kier alpha value is -0.160. The van der Waals surface area contributed by atoms with Crippen LogP contribution in [0.4, 0.5) is 0 Å². The van der Waals surface area contributed by atoms with E-state index in [1.165, 1.54) is 6.42 Å². The number of rotatable bonds is 14. The van der Waals surface area contributed by atoms with Crippen LogP contribution < -0.4 is 5.32 Å². The standard InChI is InChI=1S/C16H36N2O2/c1-15(2)7-6-11-19-13-14-20-12-9-17-8-10-18(5)16(3)4/h15-17H,6-14H2,1-5H3. The van der Waals surface area contributed by atoms with Gasteiger partial charge < -0.3 is 19.7 Å². The van der Waals surface area contributed by atoms with Crippen LogP contribution in [-0.4, -0.2) is 64.1 Å². The highest BCUT2D eigenvalue weighted by atomic mass is 16.5. The van der Waals surface area contributed by atoms with E-state index >= 15 is 0 Å². The van der Waals surface area contributed by atoms with Crippen LogP contribution >= 0.6 is 0 Å². The third-order valence-electron chi connectivity index (χ3n) is 3.39. The Balaban J connectivity index is 3.06. The lowest BCUT2D eigenvalue weighted by atomic mass is 10.1. The molecule has 0 unspecified atom stereocenters. The molecule has 0 saturated carbocycles. The minimum atomic E-state index is 0.612. The molecule has 0 amide bonds. The summed E-state index contributed by atoms with van der Waals surface area (Å²) >= 11 is 0. The van der Waals surface area contributed by atoms with Crippen molar-refractivity contribution in [2.45, 2.75) is 46.6 Å². The molecule has 4 heteroatoms. The fourth-order valence-corrected chi connectivity index (χ4v) is 1.70. The zero-order chi connectivity index (χ0) is 15.2. The molecule has 0 spiro atoms. The van der Waals surface area contributed by atoms with Crippen LogP contribution in [0.25, 0.3) is 0 Å². The molecule has 0 aliphatic heterocycles. The summed E-state index contributed by atoms with van der Waals surface area (Å²) < 4.78 is 11.0. The minimum absolute atomic E-state index is 0.612. The molecular formula is C16H36N2O2. The van der Waals surface area contributed by atoms with Gasteiger partial charge in [-0.25, -0.2) is 0 Å². The van der Waals surface area contributed by atoms with Gasteiger partial charge in [-0.05, 0) is 39.7 Å². The number of nitrogens with zero attached hydrogens (tertiary/aromatic N) is 1. The first kappa shape index (κ1) is 19.8. The molecule has 0 fully saturated rings. The van der Waals surface area contributed by atoms with Crippen LogP contribution in [0, 0.1) is 5.92 Å². The van der Waals surface area contributed by atoms with Crippen LogP contribution in [-0.2, 0) is 9.47 Å². The van der Waals surface area contributed by atoms with Crippen molar-refractivity contribution in [3.8, 4) is 0 Å². The summed E-state index contributed by atoms with van der Waals surface area (Å²) in [6, 6.07) is 0.612. The molecule has 0 rings (SSSR count). The Kier molecular flexibility index (Phi) is 13.7. The average molecular weight is 288 g/mol. The molecule has 0 aliphatic carbocycles. The fourth-order valence-electron chi connectivity index (χ4n) is 1.70. The molecule has 0 radical (unpaired) electrons. The maximum atomic E-state index is 5.52. The smallest absolute Gasteiger partial charge is 0.0701 e. The molecule has 1 N–H and O–H groups in total. The normalized spacial score (nSPS) is 12.0. The fraction of sp³-hybridized carbons (Fsp3) is 1.00. The highest BCUT2D eigenvalue weighted by molar-refractivity contribution is 4.58.